The van der Waals surface area contributed by atoms with Gasteiger partial charge in [-0.15, -0.1) is 0 Å². The van der Waals surface area contributed by atoms with Gasteiger partial charge in [0.05, 0.1) is 18.4 Å². The van der Waals surface area contributed by atoms with E-state index < -0.39 is 25.0 Å². The molecule has 4 nitrogen and oxygen atoms in total. The number of aliphatic hydroxyl groups excluding tert-OH is 1. The predicted octanol–water partition coefficient (Wildman–Crippen LogP) is 1.20. The van der Waals surface area contributed by atoms with Crippen molar-refractivity contribution in [2.45, 2.75) is 19.3 Å². The van der Waals surface area contributed by atoms with Crippen molar-refractivity contribution in [2.24, 2.45) is 0 Å². The quantitative estimate of drug-likeness (QED) is 0.803. The summed E-state index contributed by atoms with van der Waals surface area (Å²) in [5, 5.41) is 10.4. The fraction of sp³-hybridized carbons (Fsp3) is 0.500. The van der Waals surface area contributed by atoms with Crippen LogP contribution in [0.2, 0.25) is 0 Å². The Bertz CT molecular complexity index is 363. The minimum atomic E-state index is -3.30. The average Bonchev–Trinajstić information content (AvgIpc) is 2.74. The number of furan rings is 1. The van der Waals surface area contributed by atoms with Crippen LogP contribution in [0.3, 0.4) is 0 Å². The summed E-state index contributed by atoms with van der Waals surface area (Å²) in [6, 6.07) is 1.42. The van der Waals surface area contributed by atoms with Crippen LogP contribution in [0.5, 0.6) is 0 Å². The van der Waals surface area contributed by atoms with Crippen LogP contribution >= 0.6 is 0 Å². The van der Waals surface area contributed by atoms with E-state index in [-0.39, 0.29) is 5.56 Å². The maximum absolute atomic E-state index is 12.6. The van der Waals surface area contributed by atoms with Crippen molar-refractivity contribution in [1.29, 1.82) is 0 Å². The van der Waals surface area contributed by atoms with E-state index in [0.717, 1.165) is 0 Å². The number of rotatable bonds is 5. The average molecular weight is 233 g/mol. The number of carbonyl (C=O) groups excluding carboxylic acids is 1. The molecule has 0 saturated carbocycles. The van der Waals surface area contributed by atoms with Gasteiger partial charge in [-0.25, -0.2) is 8.78 Å². The Morgan fingerprint density at radius 1 is 1.62 bits per heavy atom. The van der Waals surface area contributed by atoms with Crippen LogP contribution in [-0.4, -0.2) is 30.1 Å². The van der Waals surface area contributed by atoms with Gasteiger partial charge in [0.25, 0.3) is 11.8 Å². The lowest BCUT2D eigenvalue weighted by Gasteiger charge is -2.13. The number of hydrogen-bond donors (Lipinski definition) is 2. The molecule has 16 heavy (non-hydrogen) atoms. The second-order valence-electron chi connectivity index (χ2n) is 3.31. The fourth-order valence-corrected chi connectivity index (χ4v) is 1.18. The number of aliphatic hydroxyl groups is 1. The molecule has 1 amide bonds. The molecule has 6 heteroatoms. The third-order valence-corrected chi connectivity index (χ3v) is 2.05. The molecule has 1 rings (SSSR count). The molecule has 0 radical (unpaired) electrons. The van der Waals surface area contributed by atoms with Crippen molar-refractivity contribution < 1.29 is 23.1 Å². The van der Waals surface area contributed by atoms with Crippen LogP contribution in [0.25, 0.3) is 0 Å². The maximum atomic E-state index is 12.6. The van der Waals surface area contributed by atoms with Gasteiger partial charge in [-0.2, -0.15) is 0 Å². The molecule has 0 aliphatic heterocycles. The second-order valence-corrected chi connectivity index (χ2v) is 3.31. The van der Waals surface area contributed by atoms with Gasteiger partial charge in [-0.3, -0.25) is 4.79 Å². The summed E-state index contributed by atoms with van der Waals surface area (Å²) >= 11 is 0. The van der Waals surface area contributed by atoms with Crippen molar-refractivity contribution in [3.8, 4) is 0 Å². The van der Waals surface area contributed by atoms with Crippen molar-refractivity contribution >= 4 is 5.91 Å². The topological polar surface area (TPSA) is 62.5 Å². The van der Waals surface area contributed by atoms with E-state index in [1.54, 1.807) is 6.92 Å². The molecule has 1 aromatic rings. The van der Waals surface area contributed by atoms with Crippen molar-refractivity contribution in [3.05, 3.63) is 23.7 Å². The molecule has 1 aromatic heterocycles. The summed E-state index contributed by atoms with van der Waals surface area (Å²) in [6.45, 7) is -0.395. The molecule has 0 atom stereocenters. The Balaban J connectivity index is 2.60. The second kappa shape index (κ2) is 5.07. The highest BCUT2D eigenvalue weighted by Crippen LogP contribution is 2.13. The Kier molecular flexibility index (Phi) is 4.00. The molecular formula is C10H13F2NO3. The molecular weight excluding hydrogens is 220 g/mol. The first-order chi connectivity index (χ1) is 7.50. The predicted molar refractivity (Wildman–Crippen MR) is 52.5 cm³/mol. The van der Waals surface area contributed by atoms with Gasteiger partial charge in [0, 0.05) is 6.42 Å². The van der Waals surface area contributed by atoms with Gasteiger partial charge in [0.2, 0.25) is 0 Å². The summed E-state index contributed by atoms with van der Waals surface area (Å²) in [5.74, 6) is -3.48. The Hall–Kier alpha value is -1.43. The lowest BCUT2D eigenvalue weighted by atomic mass is 10.2. The molecule has 2 N–H and O–H groups in total. The van der Waals surface area contributed by atoms with Crippen LogP contribution in [0, 0.1) is 0 Å². The monoisotopic (exact) mass is 233 g/mol. The zero-order valence-electron chi connectivity index (χ0n) is 8.80. The summed E-state index contributed by atoms with van der Waals surface area (Å²) in [7, 11) is 0. The number of aryl methyl sites for hydroxylation is 1. The highest BCUT2D eigenvalue weighted by atomic mass is 19.3. The molecule has 0 spiro atoms. The lowest BCUT2D eigenvalue weighted by Crippen LogP contribution is -2.39. The molecule has 0 saturated heterocycles. The Morgan fingerprint density at radius 2 is 2.31 bits per heavy atom. The first kappa shape index (κ1) is 12.6. The van der Waals surface area contributed by atoms with Crippen molar-refractivity contribution in [1.82, 2.24) is 5.32 Å². The summed E-state index contributed by atoms with van der Waals surface area (Å²) < 4.78 is 30.3. The third kappa shape index (κ3) is 3.03. The van der Waals surface area contributed by atoms with Crippen molar-refractivity contribution in [2.75, 3.05) is 13.2 Å². The Labute approximate surface area is 91.3 Å². The van der Waals surface area contributed by atoms with Crippen LogP contribution in [-0.2, 0) is 6.42 Å². The molecule has 90 valence electrons. The number of carbonyl (C=O) groups is 1. The standard InChI is InChI=1S/C10H13F2NO3/c1-2-8-7(3-4-16-8)9(15)13-5-10(11,12)6-14/h3-4,14H,2,5-6H2,1H3,(H,13,15). The first-order valence-electron chi connectivity index (χ1n) is 4.83. The van der Waals surface area contributed by atoms with E-state index in [9.17, 15) is 13.6 Å². The maximum Gasteiger partial charge on any atom is 0.287 e. The fourth-order valence-electron chi connectivity index (χ4n) is 1.18. The van der Waals surface area contributed by atoms with Gasteiger partial charge in [-0.05, 0) is 6.07 Å². The van der Waals surface area contributed by atoms with Crippen LogP contribution in [0.4, 0.5) is 8.78 Å². The van der Waals surface area contributed by atoms with Crippen LogP contribution in [0.15, 0.2) is 16.7 Å². The van der Waals surface area contributed by atoms with Gasteiger partial charge < -0.3 is 14.8 Å². The molecule has 0 fully saturated rings. The van der Waals surface area contributed by atoms with E-state index in [4.69, 9.17) is 9.52 Å². The van der Waals surface area contributed by atoms with E-state index >= 15 is 0 Å². The summed E-state index contributed by atoms with van der Waals surface area (Å²) in [4.78, 5) is 11.5. The highest BCUT2D eigenvalue weighted by Gasteiger charge is 2.28. The van der Waals surface area contributed by atoms with E-state index in [0.29, 0.717) is 12.2 Å². The zero-order chi connectivity index (χ0) is 12.2. The largest absolute Gasteiger partial charge is 0.469 e. The molecule has 0 aromatic carbocycles. The zero-order valence-corrected chi connectivity index (χ0v) is 8.80. The molecule has 1 heterocycles. The van der Waals surface area contributed by atoms with E-state index in [1.807, 2.05) is 5.32 Å². The van der Waals surface area contributed by atoms with E-state index in [2.05, 4.69) is 0 Å². The first-order valence-corrected chi connectivity index (χ1v) is 4.83. The van der Waals surface area contributed by atoms with Gasteiger partial charge in [0.1, 0.15) is 12.4 Å². The van der Waals surface area contributed by atoms with Crippen LogP contribution in [0.1, 0.15) is 23.0 Å². The minimum Gasteiger partial charge on any atom is -0.469 e. The van der Waals surface area contributed by atoms with Crippen molar-refractivity contribution in [3.63, 3.8) is 0 Å². The molecule has 0 aliphatic rings. The highest BCUT2D eigenvalue weighted by molar-refractivity contribution is 5.95. The SMILES string of the molecule is CCc1occc1C(=O)NCC(F)(F)CO. The van der Waals surface area contributed by atoms with Gasteiger partial charge >= 0.3 is 0 Å². The number of alkyl halides is 2. The third-order valence-electron chi connectivity index (χ3n) is 2.05. The molecule has 0 bridgehead atoms. The number of halogens is 2. The summed E-state index contributed by atoms with van der Waals surface area (Å²) in [5.41, 5.74) is 0.247. The summed E-state index contributed by atoms with van der Waals surface area (Å²) in [6.07, 6.45) is 1.84. The number of nitrogens with one attached hydrogen (secondary N) is 1. The number of amides is 1. The minimum absolute atomic E-state index is 0.247. The smallest absolute Gasteiger partial charge is 0.287 e. The molecule has 0 aliphatic carbocycles. The van der Waals surface area contributed by atoms with Crippen LogP contribution < -0.4 is 5.32 Å². The normalized spacial score (nSPS) is 11.5. The van der Waals surface area contributed by atoms with Gasteiger partial charge in [-0.1, -0.05) is 6.92 Å². The Morgan fingerprint density at radius 3 is 2.88 bits per heavy atom. The number of hydrogen-bond acceptors (Lipinski definition) is 3. The lowest BCUT2D eigenvalue weighted by molar-refractivity contribution is -0.0462. The van der Waals surface area contributed by atoms with Gasteiger partial charge in [0.15, 0.2) is 0 Å². The van der Waals surface area contributed by atoms with E-state index in [1.165, 1.54) is 12.3 Å². The molecule has 0 unspecified atom stereocenters.